The molecule has 28 heavy (non-hydrogen) atoms. The van der Waals surface area contributed by atoms with Crippen molar-refractivity contribution >= 4 is 32.7 Å². The molecule has 3 aromatic rings. The number of piperidine rings is 1. The standard InChI is InChI=1S/C21H23BrN4O2/c1-25-13-16(18-4-2-3-5-19(18)25)10-20(27)26-8-6-15(7-9-26)14-28-21-23-11-17(22)12-24-21/h2-5,11-13,15H,6-10,14H2,1H3. The van der Waals surface area contributed by atoms with E-state index in [9.17, 15) is 4.79 Å². The lowest BCUT2D eigenvalue weighted by Crippen LogP contribution is -2.40. The van der Waals surface area contributed by atoms with Gasteiger partial charge in [0.2, 0.25) is 5.91 Å². The van der Waals surface area contributed by atoms with Gasteiger partial charge in [-0.05, 0) is 46.3 Å². The van der Waals surface area contributed by atoms with Gasteiger partial charge in [-0.1, -0.05) is 18.2 Å². The van der Waals surface area contributed by atoms with E-state index >= 15 is 0 Å². The van der Waals surface area contributed by atoms with Crippen molar-refractivity contribution in [2.75, 3.05) is 19.7 Å². The SMILES string of the molecule is Cn1cc(CC(=O)N2CCC(COc3ncc(Br)cn3)CC2)c2ccccc21. The zero-order valence-electron chi connectivity index (χ0n) is 15.8. The van der Waals surface area contributed by atoms with E-state index in [1.165, 1.54) is 0 Å². The summed E-state index contributed by atoms with van der Waals surface area (Å²) in [6.45, 7) is 2.14. The first-order valence-electron chi connectivity index (χ1n) is 9.51. The van der Waals surface area contributed by atoms with Crippen LogP contribution >= 0.6 is 15.9 Å². The third kappa shape index (κ3) is 4.19. The molecular formula is C21H23BrN4O2. The van der Waals surface area contributed by atoms with Crippen LogP contribution in [0.2, 0.25) is 0 Å². The molecule has 4 rings (SSSR count). The van der Waals surface area contributed by atoms with Crippen LogP contribution in [-0.2, 0) is 18.3 Å². The summed E-state index contributed by atoms with van der Waals surface area (Å²) in [5, 5.41) is 1.16. The third-order valence-corrected chi connectivity index (χ3v) is 5.74. The minimum absolute atomic E-state index is 0.201. The summed E-state index contributed by atoms with van der Waals surface area (Å²) in [4.78, 5) is 23.0. The molecular weight excluding hydrogens is 420 g/mol. The van der Waals surface area contributed by atoms with Gasteiger partial charge in [-0.3, -0.25) is 4.79 Å². The topological polar surface area (TPSA) is 60.2 Å². The zero-order chi connectivity index (χ0) is 19.5. The highest BCUT2D eigenvalue weighted by Gasteiger charge is 2.24. The van der Waals surface area contributed by atoms with E-state index in [4.69, 9.17) is 4.74 Å². The average Bonchev–Trinajstić information content (AvgIpc) is 3.04. The van der Waals surface area contributed by atoms with Crippen molar-refractivity contribution < 1.29 is 9.53 Å². The molecule has 6 nitrogen and oxygen atoms in total. The Morgan fingerprint density at radius 3 is 2.68 bits per heavy atom. The second-order valence-corrected chi connectivity index (χ2v) is 8.19. The largest absolute Gasteiger partial charge is 0.463 e. The van der Waals surface area contributed by atoms with Crippen molar-refractivity contribution in [1.29, 1.82) is 0 Å². The zero-order valence-corrected chi connectivity index (χ0v) is 17.4. The van der Waals surface area contributed by atoms with Crippen LogP contribution in [0.4, 0.5) is 0 Å². The summed E-state index contributed by atoms with van der Waals surface area (Å²) in [7, 11) is 2.02. The number of likely N-dealkylation sites (tertiary alicyclic amines) is 1. The van der Waals surface area contributed by atoms with E-state index in [-0.39, 0.29) is 5.91 Å². The lowest BCUT2D eigenvalue weighted by atomic mass is 9.97. The van der Waals surface area contributed by atoms with Crippen molar-refractivity contribution in [3.63, 3.8) is 0 Å². The first-order chi connectivity index (χ1) is 13.6. The summed E-state index contributed by atoms with van der Waals surface area (Å²) >= 11 is 3.31. The van der Waals surface area contributed by atoms with Crippen LogP contribution in [0, 0.1) is 5.92 Å². The molecule has 0 atom stereocenters. The third-order valence-electron chi connectivity index (χ3n) is 5.33. The molecule has 1 amide bonds. The smallest absolute Gasteiger partial charge is 0.316 e. The fourth-order valence-corrected chi connectivity index (χ4v) is 3.96. The number of rotatable bonds is 5. The molecule has 0 unspecified atom stereocenters. The molecule has 0 saturated carbocycles. The molecule has 1 aliphatic heterocycles. The molecule has 1 aliphatic rings. The summed E-state index contributed by atoms with van der Waals surface area (Å²) in [6.07, 6.45) is 7.76. The van der Waals surface area contributed by atoms with Crippen LogP contribution in [-0.4, -0.2) is 45.0 Å². The molecule has 1 saturated heterocycles. The molecule has 0 bridgehead atoms. The number of carbonyl (C=O) groups is 1. The van der Waals surface area contributed by atoms with Gasteiger partial charge in [-0.2, -0.15) is 0 Å². The number of amides is 1. The highest BCUT2D eigenvalue weighted by atomic mass is 79.9. The van der Waals surface area contributed by atoms with E-state index in [1.54, 1.807) is 12.4 Å². The van der Waals surface area contributed by atoms with Gasteiger partial charge in [0.1, 0.15) is 0 Å². The number of aryl methyl sites for hydroxylation is 1. The number of hydrogen-bond donors (Lipinski definition) is 0. The maximum Gasteiger partial charge on any atom is 0.316 e. The fraction of sp³-hybridized carbons (Fsp3) is 0.381. The number of carbonyl (C=O) groups excluding carboxylic acids is 1. The van der Waals surface area contributed by atoms with Crippen molar-refractivity contribution in [3.05, 3.63) is 52.9 Å². The molecule has 0 aliphatic carbocycles. The van der Waals surface area contributed by atoms with E-state index in [0.29, 0.717) is 25.0 Å². The van der Waals surface area contributed by atoms with Crippen molar-refractivity contribution in [2.45, 2.75) is 19.3 Å². The summed E-state index contributed by atoms with van der Waals surface area (Å²) < 4.78 is 8.61. The minimum atomic E-state index is 0.201. The van der Waals surface area contributed by atoms with Crippen LogP contribution in [0.5, 0.6) is 6.01 Å². The van der Waals surface area contributed by atoms with Crippen molar-refractivity contribution in [2.24, 2.45) is 13.0 Å². The number of benzene rings is 1. The first-order valence-corrected chi connectivity index (χ1v) is 10.3. The Morgan fingerprint density at radius 2 is 1.93 bits per heavy atom. The molecule has 146 valence electrons. The number of ether oxygens (including phenoxy) is 1. The van der Waals surface area contributed by atoms with Crippen LogP contribution < -0.4 is 4.74 Å². The molecule has 3 heterocycles. The Labute approximate surface area is 172 Å². The van der Waals surface area contributed by atoms with Crippen molar-refractivity contribution in [1.82, 2.24) is 19.4 Å². The quantitative estimate of drug-likeness (QED) is 0.605. The molecule has 2 aromatic heterocycles. The Kier molecular flexibility index (Phi) is 5.62. The Balaban J connectivity index is 1.29. The maximum atomic E-state index is 12.8. The first kappa shape index (κ1) is 18.9. The summed E-state index contributed by atoms with van der Waals surface area (Å²) in [5.74, 6) is 0.626. The molecule has 0 N–H and O–H groups in total. The van der Waals surface area contributed by atoms with Crippen LogP contribution in [0.25, 0.3) is 10.9 Å². The summed E-state index contributed by atoms with van der Waals surface area (Å²) in [6, 6.07) is 8.63. The van der Waals surface area contributed by atoms with Crippen LogP contribution in [0.3, 0.4) is 0 Å². The van der Waals surface area contributed by atoms with E-state index in [1.807, 2.05) is 24.1 Å². The van der Waals surface area contributed by atoms with Crippen LogP contribution in [0.15, 0.2) is 47.3 Å². The van der Waals surface area contributed by atoms with Crippen molar-refractivity contribution in [3.8, 4) is 6.01 Å². The Hall–Kier alpha value is -2.41. The number of para-hydroxylation sites is 1. The maximum absolute atomic E-state index is 12.8. The number of aromatic nitrogens is 3. The molecule has 7 heteroatoms. The normalized spacial score (nSPS) is 15.1. The predicted molar refractivity (Wildman–Crippen MR) is 111 cm³/mol. The lowest BCUT2D eigenvalue weighted by Gasteiger charge is -2.31. The number of fused-ring (bicyclic) bond motifs is 1. The highest BCUT2D eigenvalue weighted by Crippen LogP contribution is 2.23. The number of halogens is 1. The second-order valence-electron chi connectivity index (χ2n) is 7.28. The predicted octanol–water partition coefficient (Wildman–Crippen LogP) is 3.59. The molecule has 0 spiro atoms. The van der Waals surface area contributed by atoms with E-state index in [0.717, 1.165) is 46.9 Å². The number of nitrogens with zero attached hydrogens (tertiary/aromatic N) is 4. The van der Waals surface area contributed by atoms with E-state index < -0.39 is 0 Å². The average molecular weight is 443 g/mol. The van der Waals surface area contributed by atoms with E-state index in [2.05, 4.69) is 48.8 Å². The van der Waals surface area contributed by atoms with Gasteiger partial charge < -0.3 is 14.2 Å². The summed E-state index contributed by atoms with van der Waals surface area (Å²) in [5.41, 5.74) is 2.26. The fourth-order valence-electron chi connectivity index (χ4n) is 3.76. The van der Waals surface area contributed by atoms with Gasteiger partial charge in [0.15, 0.2) is 0 Å². The van der Waals surface area contributed by atoms with Gasteiger partial charge in [0.25, 0.3) is 0 Å². The van der Waals surface area contributed by atoms with Gasteiger partial charge in [0, 0.05) is 49.6 Å². The monoisotopic (exact) mass is 442 g/mol. The lowest BCUT2D eigenvalue weighted by molar-refractivity contribution is -0.132. The van der Waals surface area contributed by atoms with Gasteiger partial charge in [0.05, 0.1) is 17.5 Å². The van der Waals surface area contributed by atoms with Gasteiger partial charge in [-0.25, -0.2) is 9.97 Å². The Bertz CT molecular complexity index is 962. The minimum Gasteiger partial charge on any atom is -0.463 e. The second kappa shape index (κ2) is 8.31. The molecule has 1 fully saturated rings. The highest BCUT2D eigenvalue weighted by molar-refractivity contribution is 9.10. The Morgan fingerprint density at radius 1 is 1.21 bits per heavy atom. The molecule has 1 aromatic carbocycles. The molecule has 0 radical (unpaired) electrons. The van der Waals surface area contributed by atoms with Crippen LogP contribution in [0.1, 0.15) is 18.4 Å². The van der Waals surface area contributed by atoms with Gasteiger partial charge >= 0.3 is 6.01 Å². The van der Waals surface area contributed by atoms with Gasteiger partial charge in [-0.15, -0.1) is 0 Å². The number of hydrogen-bond acceptors (Lipinski definition) is 4.